The summed E-state index contributed by atoms with van der Waals surface area (Å²) in [6, 6.07) is 10.0. The fraction of sp³-hybridized carbons (Fsp3) is 0.429. The van der Waals surface area contributed by atoms with Crippen molar-refractivity contribution in [1.29, 1.82) is 0 Å². The molecule has 6 nitrogen and oxygen atoms in total. The molecule has 0 spiro atoms. The maximum Gasteiger partial charge on any atom is 0.191 e. The van der Waals surface area contributed by atoms with Crippen molar-refractivity contribution in [2.75, 3.05) is 31.6 Å². The molecule has 1 aliphatic rings. The van der Waals surface area contributed by atoms with Crippen LogP contribution in [0, 0.1) is 6.92 Å². The second-order valence-corrected chi connectivity index (χ2v) is 7.29. The highest BCUT2D eigenvalue weighted by atomic mass is 35.5. The van der Waals surface area contributed by atoms with Crippen molar-refractivity contribution in [3.63, 3.8) is 0 Å². The Balaban J connectivity index is 1.66. The van der Waals surface area contributed by atoms with Crippen LogP contribution in [0.1, 0.15) is 24.6 Å². The predicted molar refractivity (Wildman–Crippen MR) is 116 cm³/mol. The lowest BCUT2D eigenvalue weighted by molar-refractivity contribution is 0.415. The number of nitrogens with zero attached hydrogens (tertiary/aromatic N) is 3. The van der Waals surface area contributed by atoms with Gasteiger partial charge in [-0.25, -0.2) is 4.99 Å². The van der Waals surface area contributed by atoms with Gasteiger partial charge in [-0.05, 0) is 50.1 Å². The van der Waals surface area contributed by atoms with Gasteiger partial charge in [0, 0.05) is 36.9 Å². The first-order valence-corrected chi connectivity index (χ1v) is 10.0. The molecule has 28 heavy (non-hydrogen) atoms. The number of aryl methyl sites for hydroxylation is 1. The molecule has 3 rings (SSSR count). The summed E-state index contributed by atoms with van der Waals surface area (Å²) in [7, 11) is 1.69. The first-order valence-electron chi connectivity index (χ1n) is 9.64. The Labute approximate surface area is 172 Å². The van der Waals surface area contributed by atoms with Gasteiger partial charge in [-0.2, -0.15) is 0 Å². The van der Waals surface area contributed by atoms with Crippen LogP contribution >= 0.6 is 11.6 Å². The first-order chi connectivity index (χ1) is 13.6. The van der Waals surface area contributed by atoms with Gasteiger partial charge in [0.15, 0.2) is 5.96 Å². The van der Waals surface area contributed by atoms with Gasteiger partial charge in [-0.3, -0.25) is 4.98 Å². The zero-order chi connectivity index (χ0) is 19.9. The number of pyridine rings is 1. The molecule has 1 unspecified atom stereocenters. The highest BCUT2D eigenvalue weighted by molar-refractivity contribution is 6.30. The fourth-order valence-electron chi connectivity index (χ4n) is 3.36. The minimum atomic E-state index is 0.298. The Kier molecular flexibility index (Phi) is 6.98. The van der Waals surface area contributed by atoms with Crippen LogP contribution in [0.15, 0.2) is 41.5 Å². The molecule has 1 aliphatic heterocycles. The van der Waals surface area contributed by atoms with E-state index in [4.69, 9.17) is 21.3 Å². The second kappa shape index (κ2) is 9.64. The van der Waals surface area contributed by atoms with Gasteiger partial charge in [0.05, 0.1) is 25.0 Å². The SMILES string of the molecule is CCNC(=NCc1ncccc1C)NC1CCN(c2cc(Cl)ccc2OC)C1. The lowest BCUT2D eigenvalue weighted by atomic mass is 10.2. The number of anilines is 1. The predicted octanol–water partition coefficient (Wildman–Crippen LogP) is 3.39. The van der Waals surface area contributed by atoms with E-state index in [9.17, 15) is 0 Å². The minimum absolute atomic E-state index is 0.298. The first kappa shape index (κ1) is 20.3. The van der Waals surface area contributed by atoms with E-state index in [2.05, 4.69) is 40.4 Å². The highest BCUT2D eigenvalue weighted by Gasteiger charge is 2.25. The topological polar surface area (TPSA) is 61.8 Å². The number of benzene rings is 1. The van der Waals surface area contributed by atoms with E-state index < -0.39 is 0 Å². The smallest absolute Gasteiger partial charge is 0.191 e. The van der Waals surface area contributed by atoms with Gasteiger partial charge in [0.25, 0.3) is 0 Å². The van der Waals surface area contributed by atoms with Crippen molar-refractivity contribution in [3.8, 4) is 5.75 Å². The van der Waals surface area contributed by atoms with Crippen molar-refractivity contribution in [1.82, 2.24) is 15.6 Å². The highest BCUT2D eigenvalue weighted by Crippen LogP contribution is 2.33. The molecular weight excluding hydrogens is 374 g/mol. The van der Waals surface area contributed by atoms with Crippen molar-refractivity contribution < 1.29 is 4.74 Å². The summed E-state index contributed by atoms with van der Waals surface area (Å²) in [5, 5.41) is 7.60. The Bertz CT molecular complexity index is 826. The summed E-state index contributed by atoms with van der Waals surface area (Å²) >= 11 is 6.19. The van der Waals surface area contributed by atoms with Gasteiger partial charge < -0.3 is 20.3 Å². The van der Waals surface area contributed by atoms with Crippen LogP contribution in [0.2, 0.25) is 5.02 Å². The van der Waals surface area contributed by atoms with E-state index in [-0.39, 0.29) is 0 Å². The third-order valence-corrected chi connectivity index (χ3v) is 5.09. The van der Waals surface area contributed by atoms with Gasteiger partial charge in [0.1, 0.15) is 5.75 Å². The normalized spacial score (nSPS) is 16.9. The molecule has 150 valence electrons. The number of methoxy groups -OCH3 is 1. The third kappa shape index (κ3) is 5.07. The van der Waals surface area contributed by atoms with E-state index in [1.54, 1.807) is 7.11 Å². The number of aromatic nitrogens is 1. The fourth-order valence-corrected chi connectivity index (χ4v) is 3.52. The molecule has 1 aromatic heterocycles. The molecular formula is C21H28ClN5O. The van der Waals surface area contributed by atoms with Crippen LogP contribution in [-0.4, -0.2) is 43.7 Å². The number of hydrogen-bond donors (Lipinski definition) is 2. The lowest BCUT2D eigenvalue weighted by Gasteiger charge is -2.22. The number of hydrogen-bond acceptors (Lipinski definition) is 4. The van der Waals surface area contributed by atoms with Crippen LogP contribution in [-0.2, 0) is 6.54 Å². The second-order valence-electron chi connectivity index (χ2n) is 6.85. The molecule has 0 aliphatic carbocycles. The monoisotopic (exact) mass is 401 g/mol. The summed E-state index contributed by atoms with van der Waals surface area (Å²) in [5.74, 6) is 1.66. The van der Waals surface area contributed by atoms with Crippen LogP contribution in [0.5, 0.6) is 5.75 Å². The van der Waals surface area contributed by atoms with E-state index >= 15 is 0 Å². The van der Waals surface area contributed by atoms with Gasteiger partial charge >= 0.3 is 0 Å². The lowest BCUT2D eigenvalue weighted by Crippen LogP contribution is -2.44. The average molecular weight is 402 g/mol. The van der Waals surface area contributed by atoms with Crippen LogP contribution in [0.25, 0.3) is 0 Å². The van der Waals surface area contributed by atoms with Crippen LogP contribution < -0.4 is 20.3 Å². The summed E-state index contributed by atoms with van der Waals surface area (Å²) in [6.07, 6.45) is 2.83. The van der Waals surface area contributed by atoms with Crippen molar-refractivity contribution >= 4 is 23.2 Å². The maximum absolute atomic E-state index is 6.19. The quantitative estimate of drug-likeness (QED) is 0.574. The largest absolute Gasteiger partial charge is 0.495 e. The molecule has 7 heteroatoms. The van der Waals surface area contributed by atoms with Crippen LogP contribution in [0.3, 0.4) is 0 Å². The number of halogens is 1. The summed E-state index contributed by atoms with van der Waals surface area (Å²) < 4.78 is 5.50. The average Bonchev–Trinajstić information content (AvgIpc) is 3.15. The molecule has 1 aromatic carbocycles. The standard InChI is InChI=1S/C21H28ClN5O/c1-4-23-21(25-13-18-15(2)6-5-10-24-18)26-17-9-11-27(14-17)19-12-16(22)7-8-20(19)28-3/h5-8,10,12,17H,4,9,11,13-14H2,1-3H3,(H2,23,25,26). The van der Waals surface area contributed by atoms with Gasteiger partial charge in [-0.1, -0.05) is 17.7 Å². The van der Waals surface area contributed by atoms with Crippen molar-refractivity contribution in [3.05, 3.63) is 52.8 Å². The Morgan fingerprint density at radius 3 is 3.00 bits per heavy atom. The maximum atomic E-state index is 6.19. The Morgan fingerprint density at radius 1 is 1.39 bits per heavy atom. The number of nitrogens with one attached hydrogen (secondary N) is 2. The molecule has 1 atom stereocenters. The number of guanidine groups is 1. The molecule has 0 radical (unpaired) electrons. The van der Waals surface area contributed by atoms with Crippen LogP contribution in [0.4, 0.5) is 5.69 Å². The minimum Gasteiger partial charge on any atom is -0.495 e. The number of ether oxygens (including phenoxy) is 1. The van der Waals surface area contributed by atoms with E-state index in [1.807, 2.05) is 30.5 Å². The van der Waals surface area contributed by atoms with E-state index in [0.29, 0.717) is 17.6 Å². The molecule has 0 bridgehead atoms. The van der Waals surface area contributed by atoms with E-state index in [1.165, 1.54) is 0 Å². The molecule has 0 amide bonds. The third-order valence-electron chi connectivity index (χ3n) is 4.86. The van der Waals surface area contributed by atoms with Gasteiger partial charge in [-0.15, -0.1) is 0 Å². The zero-order valence-electron chi connectivity index (χ0n) is 16.7. The van der Waals surface area contributed by atoms with E-state index in [0.717, 1.165) is 54.7 Å². The van der Waals surface area contributed by atoms with Crippen molar-refractivity contribution in [2.45, 2.75) is 32.9 Å². The summed E-state index contributed by atoms with van der Waals surface area (Å²) in [4.78, 5) is 11.4. The molecule has 0 saturated carbocycles. The molecule has 2 N–H and O–H groups in total. The number of aliphatic imine (C=N–C) groups is 1. The molecule has 1 fully saturated rings. The Hall–Kier alpha value is -2.47. The molecule has 2 aromatic rings. The zero-order valence-corrected chi connectivity index (χ0v) is 17.5. The molecule has 1 saturated heterocycles. The molecule has 2 heterocycles. The van der Waals surface area contributed by atoms with Gasteiger partial charge in [0.2, 0.25) is 0 Å². The number of rotatable bonds is 6. The summed E-state index contributed by atoms with van der Waals surface area (Å²) in [5.41, 5.74) is 3.18. The van der Waals surface area contributed by atoms with Crippen molar-refractivity contribution in [2.24, 2.45) is 4.99 Å². The summed E-state index contributed by atoms with van der Waals surface area (Å²) in [6.45, 7) is 7.30. The Morgan fingerprint density at radius 2 is 2.25 bits per heavy atom.